The van der Waals surface area contributed by atoms with Crippen LogP contribution in [0.3, 0.4) is 0 Å². The van der Waals surface area contributed by atoms with Crippen LogP contribution in [-0.2, 0) is 0 Å². The second-order valence-corrected chi connectivity index (χ2v) is 5.12. The van der Waals surface area contributed by atoms with Gasteiger partial charge in [-0.15, -0.1) is 0 Å². The molecule has 0 radical (unpaired) electrons. The molecule has 3 aromatic rings. The zero-order chi connectivity index (χ0) is 17.6. The largest absolute Gasteiger partial charge is 0.496 e. The van der Waals surface area contributed by atoms with Crippen molar-refractivity contribution < 1.29 is 14.3 Å². The number of benzene rings is 2. The fraction of sp³-hybridized carbons (Fsp3) is 0.105. The molecule has 2 aromatic carbocycles. The van der Waals surface area contributed by atoms with E-state index in [9.17, 15) is 4.79 Å². The van der Waals surface area contributed by atoms with E-state index < -0.39 is 5.91 Å². The van der Waals surface area contributed by atoms with Crippen LogP contribution in [0.15, 0.2) is 72.0 Å². The number of nitrogens with zero attached hydrogens (tertiary/aromatic N) is 3. The quantitative estimate of drug-likeness (QED) is 0.735. The number of rotatable bonds is 4. The van der Waals surface area contributed by atoms with Gasteiger partial charge in [0.05, 0.1) is 31.5 Å². The summed E-state index contributed by atoms with van der Waals surface area (Å²) in [5, 5.41) is 4.74. The van der Waals surface area contributed by atoms with Gasteiger partial charge in [0.2, 0.25) is 0 Å². The molecule has 1 heterocycles. The van der Waals surface area contributed by atoms with Gasteiger partial charge in [-0.2, -0.15) is 5.10 Å². The van der Waals surface area contributed by atoms with E-state index in [1.807, 2.05) is 30.3 Å². The summed E-state index contributed by atoms with van der Waals surface area (Å²) in [5.74, 6) is 0.376. The first-order valence-corrected chi connectivity index (χ1v) is 7.63. The van der Waals surface area contributed by atoms with E-state index in [0.717, 1.165) is 5.69 Å². The number of methoxy groups -OCH3 is 2. The van der Waals surface area contributed by atoms with Crippen molar-refractivity contribution in [1.82, 2.24) is 9.78 Å². The molecule has 1 aromatic heterocycles. The first-order chi connectivity index (χ1) is 12.2. The Morgan fingerprint density at radius 1 is 0.960 bits per heavy atom. The Morgan fingerprint density at radius 2 is 1.64 bits per heavy atom. The highest BCUT2D eigenvalue weighted by Crippen LogP contribution is 2.28. The molecule has 1 amide bonds. The maximum atomic E-state index is 12.6. The Bertz CT molecular complexity index is 907. The average Bonchev–Trinajstić information content (AvgIpc) is 2.68. The molecule has 0 aliphatic carbocycles. The van der Waals surface area contributed by atoms with Gasteiger partial charge in [-0.05, 0) is 30.3 Å². The van der Waals surface area contributed by atoms with Gasteiger partial charge in [-0.1, -0.05) is 24.3 Å². The van der Waals surface area contributed by atoms with Crippen LogP contribution in [0.5, 0.6) is 11.5 Å². The van der Waals surface area contributed by atoms with E-state index in [4.69, 9.17) is 9.47 Å². The van der Waals surface area contributed by atoms with Gasteiger partial charge < -0.3 is 9.47 Å². The van der Waals surface area contributed by atoms with E-state index in [-0.39, 0.29) is 5.56 Å². The number of hydrogen-bond acceptors (Lipinski definition) is 4. The molecule has 126 valence electrons. The van der Waals surface area contributed by atoms with Crippen LogP contribution < -0.4 is 14.8 Å². The lowest BCUT2D eigenvalue weighted by molar-refractivity contribution is 0.0992. The minimum absolute atomic E-state index is 0.285. The van der Waals surface area contributed by atoms with Gasteiger partial charge in [0.15, 0.2) is 0 Å². The maximum Gasteiger partial charge on any atom is 0.285 e. The third-order valence-corrected chi connectivity index (χ3v) is 3.59. The molecule has 6 nitrogen and oxygen atoms in total. The minimum atomic E-state index is -0.450. The highest BCUT2D eigenvalue weighted by atomic mass is 16.5. The zero-order valence-corrected chi connectivity index (χ0v) is 13.9. The molecule has 0 saturated heterocycles. The Balaban J connectivity index is 1.95. The summed E-state index contributed by atoms with van der Waals surface area (Å²) in [6.45, 7) is 0. The predicted molar refractivity (Wildman–Crippen MR) is 93.0 cm³/mol. The highest BCUT2D eigenvalue weighted by molar-refractivity contribution is 6.00. The maximum absolute atomic E-state index is 12.6. The van der Waals surface area contributed by atoms with Crippen molar-refractivity contribution in [1.29, 1.82) is 0 Å². The number of aromatic nitrogens is 2. The van der Waals surface area contributed by atoms with Crippen molar-refractivity contribution >= 4 is 5.91 Å². The summed E-state index contributed by atoms with van der Waals surface area (Å²) in [7, 11) is 3.00. The third-order valence-electron chi connectivity index (χ3n) is 3.59. The van der Waals surface area contributed by atoms with Gasteiger partial charge in [0, 0.05) is 6.20 Å². The smallest absolute Gasteiger partial charge is 0.285 e. The van der Waals surface area contributed by atoms with Gasteiger partial charge in [0.25, 0.3) is 5.91 Å². The second kappa shape index (κ2) is 7.44. The van der Waals surface area contributed by atoms with Crippen LogP contribution in [0.2, 0.25) is 0 Å². The van der Waals surface area contributed by atoms with Crippen LogP contribution >= 0.6 is 0 Å². The SMILES string of the molecule is COc1cccc(OC)c1C(=O)N=c1ccn(-c2ccccc2)nc1. The normalized spacial score (nSPS) is 11.2. The summed E-state index contributed by atoms with van der Waals surface area (Å²) in [6, 6.07) is 16.5. The molecular formula is C19H17N3O3. The predicted octanol–water partition coefficient (Wildman–Crippen LogP) is 2.63. The van der Waals surface area contributed by atoms with Crippen LogP contribution in [0, 0.1) is 0 Å². The number of ether oxygens (including phenoxy) is 2. The standard InChI is InChI=1S/C19H17N3O3/c1-24-16-9-6-10-17(25-2)18(16)19(23)21-14-11-12-22(20-13-14)15-7-4-3-5-8-15/h3-13H,1-2H3. The highest BCUT2D eigenvalue weighted by Gasteiger charge is 2.17. The van der Waals surface area contributed by atoms with Gasteiger partial charge >= 0.3 is 0 Å². The van der Waals surface area contributed by atoms with Gasteiger partial charge in [-0.3, -0.25) is 4.79 Å². The fourth-order valence-corrected chi connectivity index (χ4v) is 2.38. The van der Waals surface area contributed by atoms with Crippen molar-refractivity contribution in [2.24, 2.45) is 4.99 Å². The molecule has 3 rings (SSSR count). The molecule has 0 aliphatic rings. The van der Waals surface area contributed by atoms with Crippen LogP contribution in [0.1, 0.15) is 10.4 Å². The van der Waals surface area contributed by atoms with Crippen molar-refractivity contribution in [3.8, 4) is 17.2 Å². The summed E-state index contributed by atoms with van der Waals surface area (Å²) in [6.07, 6.45) is 3.29. The van der Waals surface area contributed by atoms with Crippen molar-refractivity contribution in [3.05, 3.63) is 77.9 Å². The van der Waals surface area contributed by atoms with Gasteiger partial charge in [0.1, 0.15) is 17.1 Å². The first-order valence-electron chi connectivity index (χ1n) is 7.63. The number of carbonyl (C=O) groups excluding carboxylic acids is 1. The van der Waals surface area contributed by atoms with E-state index in [0.29, 0.717) is 16.9 Å². The van der Waals surface area contributed by atoms with Crippen molar-refractivity contribution in [2.45, 2.75) is 0 Å². The number of carbonyl (C=O) groups is 1. The average molecular weight is 335 g/mol. The monoisotopic (exact) mass is 335 g/mol. The summed E-state index contributed by atoms with van der Waals surface area (Å²) < 4.78 is 12.2. The summed E-state index contributed by atoms with van der Waals surface area (Å²) in [5.41, 5.74) is 1.21. The van der Waals surface area contributed by atoms with Gasteiger partial charge in [-0.25, -0.2) is 9.67 Å². The number of amides is 1. The Morgan fingerprint density at radius 3 is 2.20 bits per heavy atom. The second-order valence-electron chi connectivity index (χ2n) is 5.12. The lowest BCUT2D eigenvalue weighted by atomic mass is 10.1. The number of hydrogen-bond donors (Lipinski definition) is 0. The molecule has 0 unspecified atom stereocenters. The molecule has 0 fully saturated rings. The molecule has 0 spiro atoms. The molecular weight excluding hydrogens is 318 g/mol. The third kappa shape index (κ3) is 3.58. The lowest BCUT2D eigenvalue weighted by Crippen LogP contribution is -2.12. The van der Waals surface area contributed by atoms with Crippen LogP contribution in [-0.4, -0.2) is 29.9 Å². The van der Waals surface area contributed by atoms with Crippen molar-refractivity contribution in [3.63, 3.8) is 0 Å². The summed E-state index contributed by atoms with van der Waals surface area (Å²) >= 11 is 0. The fourth-order valence-electron chi connectivity index (χ4n) is 2.38. The molecule has 6 heteroatoms. The molecule has 0 N–H and O–H groups in total. The Labute approximate surface area is 145 Å². The molecule has 0 atom stereocenters. The molecule has 0 saturated carbocycles. The topological polar surface area (TPSA) is 65.7 Å². The number of para-hydroxylation sites is 1. The van der Waals surface area contributed by atoms with E-state index in [1.165, 1.54) is 20.4 Å². The van der Waals surface area contributed by atoms with Crippen LogP contribution in [0.25, 0.3) is 5.69 Å². The molecule has 0 bridgehead atoms. The Hall–Kier alpha value is -3.41. The molecule has 0 aliphatic heterocycles. The van der Waals surface area contributed by atoms with E-state index in [1.54, 1.807) is 35.1 Å². The Kier molecular flexibility index (Phi) is 4.89. The van der Waals surface area contributed by atoms with E-state index in [2.05, 4.69) is 10.1 Å². The first kappa shape index (κ1) is 16.4. The minimum Gasteiger partial charge on any atom is -0.496 e. The van der Waals surface area contributed by atoms with E-state index >= 15 is 0 Å². The zero-order valence-electron chi connectivity index (χ0n) is 13.9. The van der Waals surface area contributed by atoms with Crippen molar-refractivity contribution in [2.75, 3.05) is 14.2 Å². The summed E-state index contributed by atoms with van der Waals surface area (Å²) in [4.78, 5) is 16.7. The lowest BCUT2D eigenvalue weighted by Gasteiger charge is -2.09. The van der Waals surface area contributed by atoms with Crippen LogP contribution in [0.4, 0.5) is 0 Å². The molecule has 25 heavy (non-hydrogen) atoms.